The summed E-state index contributed by atoms with van der Waals surface area (Å²) in [6.45, 7) is 9.61. The van der Waals surface area contributed by atoms with Gasteiger partial charge in [-0.2, -0.15) is 0 Å². The summed E-state index contributed by atoms with van der Waals surface area (Å²) in [6.07, 6.45) is 12.9. The standard InChI is InChI=1S/C20H32O/c1-17(2)9-5-10-18(3)15(17)8-11-20-12-14(6-7-16(18)20)19(4,21)13-20/h8,14,16,21H,5-7,9-13H2,1-4H3/t14-,16+,18-,19-,20+/m1/s1. The number of fused-ring (bicyclic) bond motifs is 3. The normalized spacial score (nSPS) is 54.6. The van der Waals surface area contributed by atoms with Gasteiger partial charge < -0.3 is 5.11 Å². The largest absolute Gasteiger partial charge is 0.390 e. The van der Waals surface area contributed by atoms with Gasteiger partial charge in [-0.25, -0.2) is 0 Å². The summed E-state index contributed by atoms with van der Waals surface area (Å²) in [7, 11) is 0. The zero-order valence-corrected chi connectivity index (χ0v) is 14.3. The van der Waals surface area contributed by atoms with Crippen LogP contribution in [0.4, 0.5) is 0 Å². The number of hydrogen-bond donors (Lipinski definition) is 1. The Hall–Kier alpha value is -0.300. The molecule has 0 radical (unpaired) electrons. The van der Waals surface area contributed by atoms with Gasteiger partial charge in [0.15, 0.2) is 0 Å². The number of hydrogen-bond acceptors (Lipinski definition) is 1. The Morgan fingerprint density at radius 2 is 1.86 bits per heavy atom. The van der Waals surface area contributed by atoms with E-state index < -0.39 is 5.60 Å². The average Bonchev–Trinajstić information content (AvgIpc) is 2.53. The molecular weight excluding hydrogens is 256 g/mol. The molecule has 1 heteroatoms. The summed E-state index contributed by atoms with van der Waals surface area (Å²) >= 11 is 0. The Balaban J connectivity index is 1.80. The van der Waals surface area contributed by atoms with Crippen LogP contribution in [0.3, 0.4) is 0 Å². The molecule has 21 heavy (non-hydrogen) atoms. The maximum Gasteiger partial charge on any atom is 0.0653 e. The van der Waals surface area contributed by atoms with Crippen molar-refractivity contribution in [1.29, 1.82) is 0 Å². The van der Waals surface area contributed by atoms with Crippen molar-refractivity contribution in [3.63, 3.8) is 0 Å². The molecule has 0 aromatic heterocycles. The maximum atomic E-state index is 10.9. The molecule has 2 bridgehead atoms. The van der Waals surface area contributed by atoms with Crippen molar-refractivity contribution in [1.82, 2.24) is 0 Å². The quantitative estimate of drug-likeness (QED) is 0.616. The van der Waals surface area contributed by atoms with E-state index in [1.54, 1.807) is 5.57 Å². The first-order valence-electron chi connectivity index (χ1n) is 9.13. The molecule has 0 unspecified atom stereocenters. The minimum atomic E-state index is -0.402. The van der Waals surface area contributed by atoms with Crippen molar-refractivity contribution < 1.29 is 5.11 Å². The second-order valence-corrected chi connectivity index (χ2v) is 9.90. The Morgan fingerprint density at radius 1 is 1.10 bits per heavy atom. The van der Waals surface area contributed by atoms with Gasteiger partial charge in [-0.3, -0.25) is 0 Å². The van der Waals surface area contributed by atoms with Crippen LogP contribution in [0.25, 0.3) is 0 Å². The lowest BCUT2D eigenvalue weighted by molar-refractivity contribution is -0.0191. The highest BCUT2D eigenvalue weighted by atomic mass is 16.3. The third kappa shape index (κ3) is 1.73. The summed E-state index contributed by atoms with van der Waals surface area (Å²) < 4.78 is 0. The van der Waals surface area contributed by atoms with Crippen LogP contribution in [-0.4, -0.2) is 10.7 Å². The molecule has 1 spiro atoms. The summed E-state index contributed by atoms with van der Waals surface area (Å²) in [5.41, 5.74) is 2.58. The fourth-order valence-electron chi connectivity index (χ4n) is 7.40. The van der Waals surface area contributed by atoms with Gasteiger partial charge in [0.25, 0.3) is 0 Å². The van der Waals surface area contributed by atoms with E-state index in [0.717, 1.165) is 12.3 Å². The van der Waals surface area contributed by atoms with Gasteiger partial charge in [0.05, 0.1) is 5.60 Å². The van der Waals surface area contributed by atoms with Gasteiger partial charge in [-0.15, -0.1) is 0 Å². The Morgan fingerprint density at radius 3 is 2.62 bits per heavy atom. The first-order valence-corrected chi connectivity index (χ1v) is 9.13. The fourth-order valence-corrected chi connectivity index (χ4v) is 7.40. The highest BCUT2D eigenvalue weighted by Crippen LogP contribution is 2.71. The van der Waals surface area contributed by atoms with Crippen LogP contribution >= 0.6 is 0 Å². The van der Waals surface area contributed by atoms with Gasteiger partial charge in [-0.1, -0.05) is 38.8 Å². The third-order valence-corrected chi connectivity index (χ3v) is 8.11. The average molecular weight is 288 g/mol. The SMILES string of the molecule is CC1(C)CCC[C@]2(C)C1=CC[C@@]13C[C@@H](CC[C@H]12)[C@](C)(O)C3. The van der Waals surface area contributed by atoms with E-state index in [2.05, 4.69) is 33.8 Å². The number of allylic oxidation sites excluding steroid dienone is 2. The molecule has 0 aliphatic heterocycles. The fraction of sp³-hybridized carbons (Fsp3) is 0.900. The van der Waals surface area contributed by atoms with Crippen LogP contribution < -0.4 is 0 Å². The van der Waals surface area contributed by atoms with Crippen molar-refractivity contribution >= 4 is 0 Å². The first-order chi connectivity index (χ1) is 9.70. The first kappa shape index (κ1) is 14.3. The predicted octanol–water partition coefficient (Wildman–Crippen LogP) is 5.09. The zero-order valence-electron chi connectivity index (χ0n) is 14.3. The van der Waals surface area contributed by atoms with Crippen LogP contribution in [0.5, 0.6) is 0 Å². The topological polar surface area (TPSA) is 20.2 Å². The van der Waals surface area contributed by atoms with Gasteiger partial charge in [-0.05, 0) is 80.0 Å². The Labute approximate surface area is 130 Å². The van der Waals surface area contributed by atoms with Crippen molar-refractivity contribution in [2.75, 3.05) is 0 Å². The molecule has 5 atom stereocenters. The minimum absolute atomic E-state index is 0.395. The molecule has 4 rings (SSSR count). The predicted molar refractivity (Wildman–Crippen MR) is 86.9 cm³/mol. The van der Waals surface area contributed by atoms with Crippen LogP contribution in [0.1, 0.15) is 79.1 Å². The Kier molecular flexibility index (Phi) is 2.70. The van der Waals surface area contributed by atoms with Crippen molar-refractivity contribution in [3.05, 3.63) is 11.6 Å². The Bertz CT molecular complexity index is 500. The lowest BCUT2D eigenvalue weighted by Crippen LogP contribution is -2.50. The van der Waals surface area contributed by atoms with E-state index in [0.29, 0.717) is 22.2 Å². The van der Waals surface area contributed by atoms with E-state index >= 15 is 0 Å². The van der Waals surface area contributed by atoms with Crippen molar-refractivity contribution in [2.45, 2.75) is 84.7 Å². The lowest BCUT2D eigenvalue weighted by atomic mass is 9.45. The molecule has 3 saturated carbocycles. The van der Waals surface area contributed by atoms with E-state index in [-0.39, 0.29) is 0 Å². The molecule has 1 N–H and O–H groups in total. The molecule has 0 aromatic rings. The minimum Gasteiger partial charge on any atom is -0.390 e. The van der Waals surface area contributed by atoms with E-state index in [9.17, 15) is 5.11 Å². The highest BCUT2D eigenvalue weighted by Gasteiger charge is 2.63. The molecule has 4 aliphatic rings. The molecular formula is C20H32O. The molecule has 1 nitrogen and oxygen atoms in total. The van der Waals surface area contributed by atoms with Gasteiger partial charge >= 0.3 is 0 Å². The summed E-state index contributed by atoms with van der Waals surface area (Å²) in [5, 5.41) is 10.9. The third-order valence-electron chi connectivity index (χ3n) is 8.11. The lowest BCUT2D eigenvalue weighted by Gasteiger charge is -2.59. The molecule has 0 saturated heterocycles. The second kappa shape index (κ2) is 3.96. The zero-order chi connectivity index (χ0) is 15.1. The van der Waals surface area contributed by atoms with Crippen molar-refractivity contribution in [3.8, 4) is 0 Å². The van der Waals surface area contributed by atoms with E-state index in [1.165, 1.54) is 44.9 Å². The van der Waals surface area contributed by atoms with Crippen LogP contribution in [0.2, 0.25) is 0 Å². The van der Waals surface area contributed by atoms with Crippen molar-refractivity contribution in [2.24, 2.45) is 28.1 Å². The monoisotopic (exact) mass is 288 g/mol. The summed E-state index contributed by atoms with van der Waals surface area (Å²) in [5.74, 6) is 1.37. The molecule has 0 heterocycles. The van der Waals surface area contributed by atoms with Gasteiger partial charge in [0.1, 0.15) is 0 Å². The highest BCUT2D eigenvalue weighted by molar-refractivity contribution is 5.32. The second-order valence-electron chi connectivity index (χ2n) is 9.90. The van der Waals surface area contributed by atoms with E-state index in [4.69, 9.17) is 0 Å². The van der Waals surface area contributed by atoms with Crippen LogP contribution in [0, 0.1) is 28.1 Å². The molecule has 3 fully saturated rings. The molecule has 0 aromatic carbocycles. The summed E-state index contributed by atoms with van der Waals surface area (Å²) in [6, 6.07) is 0. The molecule has 118 valence electrons. The molecule has 0 amide bonds. The number of rotatable bonds is 0. The van der Waals surface area contributed by atoms with Gasteiger partial charge in [0.2, 0.25) is 0 Å². The van der Waals surface area contributed by atoms with Gasteiger partial charge in [0, 0.05) is 0 Å². The molecule has 4 aliphatic carbocycles. The van der Waals surface area contributed by atoms with Crippen LogP contribution in [0.15, 0.2) is 11.6 Å². The van der Waals surface area contributed by atoms with E-state index in [1.807, 2.05) is 0 Å². The number of aliphatic hydroxyl groups is 1. The smallest absolute Gasteiger partial charge is 0.0653 e. The van der Waals surface area contributed by atoms with Crippen LogP contribution in [-0.2, 0) is 0 Å². The maximum absolute atomic E-state index is 10.9. The summed E-state index contributed by atoms with van der Waals surface area (Å²) in [4.78, 5) is 0.